The van der Waals surface area contributed by atoms with Crippen molar-refractivity contribution < 1.29 is 0 Å². The molecule has 1 aromatic rings. The lowest BCUT2D eigenvalue weighted by Gasteiger charge is -2.24. The molecule has 2 nitrogen and oxygen atoms in total. The molecular formula is C15H24N2S. The van der Waals surface area contributed by atoms with Crippen LogP contribution < -0.4 is 11.3 Å². The van der Waals surface area contributed by atoms with E-state index < -0.39 is 0 Å². The Hall–Kier alpha value is -0.510. The van der Waals surface area contributed by atoms with Gasteiger partial charge in [0.15, 0.2) is 0 Å². The first-order valence-corrected chi connectivity index (χ1v) is 7.99. The maximum absolute atomic E-state index is 5.73. The molecule has 18 heavy (non-hydrogen) atoms. The Morgan fingerprint density at radius 3 is 2.67 bits per heavy atom. The van der Waals surface area contributed by atoms with Gasteiger partial charge in [-0.2, -0.15) is 11.8 Å². The fourth-order valence-corrected chi connectivity index (χ4v) is 4.08. The molecule has 0 bridgehead atoms. The summed E-state index contributed by atoms with van der Waals surface area (Å²) in [6.45, 7) is 2.16. The average molecular weight is 264 g/mol. The molecule has 1 unspecified atom stereocenters. The van der Waals surface area contributed by atoms with Gasteiger partial charge in [-0.15, -0.1) is 0 Å². The van der Waals surface area contributed by atoms with Crippen molar-refractivity contribution in [3.05, 3.63) is 35.4 Å². The van der Waals surface area contributed by atoms with Gasteiger partial charge in [-0.05, 0) is 30.9 Å². The van der Waals surface area contributed by atoms with Crippen LogP contribution in [0.4, 0.5) is 0 Å². The maximum Gasteiger partial charge on any atom is 0.0553 e. The third-order valence-electron chi connectivity index (χ3n) is 3.82. The van der Waals surface area contributed by atoms with Crippen LogP contribution in [0.25, 0.3) is 0 Å². The van der Waals surface area contributed by atoms with Gasteiger partial charge in [0.1, 0.15) is 0 Å². The minimum absolute atomic E-state index is 0.276. The minimum atomic E-state index is 0.276. The lowest BCUT2D eigenvalue weighted by atomic mass is 10.0. The quantitative estimate of drug-likeness (QED) is 0.631. The fraction of sp³-hybridized carbons (Fsp3) is 0.600. The molecule has 1 aliphatic carbocycles. The second kappa shape index (κ2) is 7.17. The number of benzene rings is 1. The summed E-state index contributed by atoms with van der Waals surface area (Å²) in [5.74, 6) is 6.80. The Labute approximate surface area is 115 Å². The predicted molar refractivity (Wildman–Crippen MR) is 80.6 cm³/mol. The van der Waals surface area contributed by atoms with Crippen molar-refractivity contribution in [3.63, 3.8) is 0 Å². The third-order valence-corrected chi connectivity index (χ3v) is 5.28. The van der Waals surface area contributed by atoms with Crippen molar-refractivity contribution in [1.82, 2.24) is 5.43 Å². The number of nitrogens with two attached hydrogens (primary N) is 1. The molecule has 3 N–H and O–H groups in total. The molecule has 0 spiro atoms. The van der Waals surface area contributed by atoms with Gasteiger partial charge in [-0.1, -0.05) is 43.5 Å². The molecule has 1 fully saturated rings. The summed E-state index contributed by atoms with van der Waals surface area (Å²) in [5, 5.41) is 0.846. The van der Waals surface area contributed by atoms with E-state index in [1.54, 1.807) is 0 Å². The Kier molecular flexibility index (Phi) is 5.54. The van der Waals surface area contributed by atoms with Gasteiger partial charge < -0.3 is 0 Å². The van der Waals surface area contributed by atoms with Crippen molar-refractivity contribution in [2.24, 2.45) is 5.84 Å². The number of thioether (sulfide) groups is 1. The van der Waals surface area contributed by atoms with E-state index in [9.17, 15) is 0 Å². The minimum Gasteiger partial charge on any atom is -0.271 e. The zero-order valence-corrected chi connectivity index (χ0v) is 12.0. The summed E-state index contributed by atoms with van der Waals surface area (Å²) in [5.41, 5.74) is 5.64. The Morgan fingerprint density at radius 1 is 1.28 bits per heavy atom. The Bertz CT molecular complexity index is 361. The van der Waals surface area contributed by atoms with Crippen LogP contribution in [0, 0.1) is 6.92 Å². The zero-order valence-electron chi connectivity index (χ0n) is 11.2. The highest BCUT2D eigenvalue weighted by Crippen LogP contribution is 2.31. The first-order valence-electron chi connectivity index (χ1n) is 6.94. The highest BCUT2D eigenvalue weighted by Gasteiger charge is 2.17. The smallest absolute Gasteiger partial charge is 0.0553 e. The fourth-order valence-electron chi connectivity index (χ4n) is 2.67. The van der Waals surface area contributed by atoms with E-state index in [1.165, 1.54) is 43.2 Å². The van der Waals surface area contributed by atoms with E-state index in [0.717, 1.165) is 11.0 Å². The largest absolute Gasteiger partial charge is 0.271 e. The van der Waals surface area contributed by atoms with Gasteiger partial charge in [0.2, 0.25) is 0 Å². The molecule has 2 rings (SSSR count). The van der Waals surface area contributed by atoms with E-state index in [4.69, 9.17) is 5.84 Å². The van der Waals surface area contributed by atoms with Crippen LogP contribution in [0.2, 0.25) is 0 Å². The van der Waals surface area contributed by atoms with Crippen molar-refractivity contribution in [2.45, 2.75) is 50.3 Å². The van der Waals surface area contributed by atoms with Gasteiger partial charge in [0, 0.05) is 11.0 Å². The molecule has 0 heterocycles. The Morgan fingerprint density at radius 2 is 2.00 bits per heavy atom. The number of hydrogen-bond acceptors (Lipinski definition) is 3. The van der Waals surface area contributed by atoms with E-state index in [0.29, 0.717) is 0 Å². The number of hydrazine groups is 1. The van der Waals surface area contributed by atoms with Crippen LogP contribution in [0.3, 0.4) is 0 Å². The molecule has 1 atom stereocenters. The van der Waals surface area contributed by atoms with E-state index in [2.05, 4.69) is 48.4 Å². The van der Waals surface area contributed by atoms with Crippen LogP contribution in [-0.4, -0.2) is 11.0 Å². The molecule has 0 amide bonds. The average Bonchev–Trinajstić information content (AvgIpc) is 2.42. The van der Waals surface area contributed by atoms with Gasteiger partial charge in [-0.25, -0.2) is 0 Å². The summed E-state index contributed by atoms with van der Waals surface area (Å²) in [6.07, 6.45) is 7.00. The van der Waals surface area contributed by atoms with Crippen molar-refractivity contribution >= 4 is 11.8 Å². The van der Waals surface area contributed by atoms with Crippen LogP contribution >= 0.6 is 11.8 Å². The number of nitrogens with one attached hydrogen (secondary N) is 1. The molecule has 0 aromatic heterocycles. The molecule has 1 aromatic carbocycles. The standard InChI is InChI=1S/C15H24N2S/c1-12-7-5-6-10-14(12)15(17-16)11-18-13-8-3-2-4-9-13/h5-7,10,13,15,17H,2-4,8-9,11,16H2,1H3. The van der Waals surface area contributed by atoms with Crippen molar-refractivity contribution in [1.29, 1.82) is 0 Å². The van der Waals surface area contributed by atoms with E-state index in [-0.39, 0.29) is 6.04 Å². The summed E-state index contributed by atoms with van der Waals surface area (Å²) in [4.78, 5) is 0. The molecular weight excluding hydrogens is 240 g/mol. The normalized spacial score (nSPS) is 18.8. The second-order valence-corrected chi connectivity index (χ2v) is 6.50. The molecule has 1 saturated carbocycles. The monoisotopic (exact) mass is 264 g/mol. The highest BCUT2D eigenvalue weighted by molar-refractivity contribution is 7.99. The molecule has 0 radical (unpaired) electrons. The molecule has 100 valence electrons. The molecule has 3 heteroatoms. The van der Waals surface area contributed by atoms with Crippen LogP contribution in [0.1, 0.15) is 49.3 Å². The topological polar surface area (TPSA) is 38.0 Å². The van der Waals surface area contributed by atoms with E-state index >= 15 is 0 Å². The SMILES string of the molecule is Cc1ccccc1C(CSC1CCCCC1)NN. The lowest BCUT2D eigenvalue weighted by molar-refractivity contribution is 0.514. The third kappa shape index (κ3) is 3.74. The predicted octanol–water partition coefficient (Wildman–Crippen LogP) is 3.57. The van der Waals surface area contributed by atoms with Crippen LogP contribution in [-0.2, 0) is 0 Å². The summed E-state index contributed by atoms with van der Waals surface area (Å²) < 4.78 is 0. The number of hydrogen-bond donors (Lipinski definition) is 2. The second-order valence-electron chi connectivity index (χ2n) is 5.17. The van der Waals surface area contributed by atoms with Gasteiger partial charge in [0.25, 0.3) is 0 Å². The zero-order chi connectivity index (χ0) is 12.8. The van der Waals surface area contributed by atoms with Crippen LogP contribution in [0.15, 0.2) is 24.3 Å². The number of rotatable bonds is 5. The molecule has 1 aliphatic rings. The molecule has 0 aliphatic heterocycles. The van der Waals surface area contributed by atoms with Crippen LogP contribution in [0.5, 0.6) is 0 Å². The summed E-state index contributed by atoms with van der Waals surface area (Å²) in [6, 6.07) is 8.79. The van der Waals surface area contributed by atoms with Gasteiger partial charge in [-0.3, -0.25) is 11.3 Å². The maximum atomic E-state index is 5.73. The number of aryl methyl sites for hydroxylation is 1. The molecule has 0 saturated heterocycles. The first kappa shape index (κ1) is 13.9. The van der Waals surface area contributed by atoms with Gasteiger partial charge in [0.05, 0.1) is 6.04 Å². The summed E-state index contributed by atoms with van der Waals surface area (Å²) >= 11 is 2.09. The van der Waals surface area contributed by atoms with Crippen molar-refractivity contribution in [3.8, 4) is 0 Å². The summed E-state index contributed by atoms with van der Waals surface area (Å²) in [7, 11) is 0. The Balaban J connectivity index is 1.91. The van der Waals surface area contributed by atoms with Gasteiger partial charge >= 0.3 is 0 Å². The lowest BCUT2D eigenvalue weighted by Crippen LogP contribution is -2.31. The van der Waals surface area contributed by atoms with Crippen molar-refractivity contribution in [2.75, 3.05) is 5.75 Å². The first-order chi connectivity index (χ1) is 8.81. The van der Waals surface area contributed by atoms with E-state index in [1.807, 2.05) is 0 Å². The highest BCUT2D eigenvalue weighted by atomic mass is 32.2.